The van der Waals surface area contributed by atoms with Crippen molar-refractivity contribution in [2.45, 2.75) is 11.8 Å². The van der Waals surface area contributed by atoms with E-state index in [4.69, 9.17) is 23.2 Å². The lowest BCUT2D eigenvalue weighted by molar-refractivity contribution is -0.122. The summed E-state index contributed by atoms with van der Waals surface area (Å²) in [6, 6.07) is 23.0. The van der Waals surface area contributed by atoms with Gasteiger partial charge in [0.05, 0.1) is 12.1 Å². The van der Waals surface area contributed by atoms with Crippen molar-refractivity contribution in [3.8, 4) is 0 Å². The van der Waals surface area contributed by atoms with Crippen molar-refractivity contribution >= 4 is 51.3 Å². The van der Waals surface area contributed by atoms with Crippen molar-refractivity contribution in [3.05, 3.63) is 104 Å². The van der Waals surface area contributed by atoms with Crippen molar-refractivity contribution in [1.29, 1.82) is 0 Å². The third-order valence-corrected chi connectivity index (χ3v) is 6.23. The van der Waals surface area contributed by atoms with Crippen LogP contribution in [0.5, 0.6) is 0 Å². The number of hydrogen-bond donors (Lipinski definition) is 1. The summed E-state index contributed by atoms with van der Waals surface area (Å²) >= 11 is 15.6. The van der Waals surface area contributed by atoms with Crippen LogP contribution in [0.4, 0.5) is 0 Å². The molecular formula is C23H17BrCl2N2O. The molecule has 1 fully saturated rings. The molecular weight excluding hydrogens is 471 g/mol. The van der Waals surface area contributed by atoms with Crippen molar-refractivity contribution in [2.24, 2.45) is 11.0 Å². The zero-order valence-electron chi connectivity index (χ0n) is 15.3. The van der Waals surface area contributed by atoms with Crippen molar-refractivity contribution < 1.29 is 4.79 Å². The van der Waals surface area contributed by atoms with E-state index in [0.29, 0.717) is 16.5 Å². The number of hydrazone groups is 1. The monoisotopic (exact) mass is 486 g/mol. The lowest BCUT2D eigenvalue weighted by Gasteiger charge is -2.19. The minimum absolute atomic E-state index is 0.110. The van der Waals surface area contributed by atoms with Crippen LogP contribution in [-0.4, -0.2) is 12.1 Å². The molecule has 0 radical (unpaired) electrons. The van der Waals surface area contributed by atoms with Crippen LogP contribution in [0, 0.1) is 5.92 Å². The minimum atomic E-state index is -0.398. The molecule has 3 aromatic rings. The Morgan fingerprint density at radius 3 is 2.14 bits per heavy atom. The first-order chi connectivity index (χ1) is 14.0. The maximum atomic E-state index is 12.9. The molecule has 3 nitrogen and oxygen atoms in total. The minimum Gasteiger partial charge on any atom is -0.273 e. The van der Waals surface area contributed by atoms with Gasteiger partial charge in [-0.1, -0.05) is 75.5 Å². The van der Waals surface area contributed by atoms with E-state index >= 15 is 0 Å². The molecule has 0 aromatic heterocycles. The summed E-state index contributed by atoms with van der Waals surface area (Å²) < 4.78 is 0.958. The first kappa shape index (κ1) is 20.1. The third kappa shape index (κ3) is 4.25. The number of benzene rings is 3. The van der Waals surface area contributed by atoms with E-state index < -0.39 is 5.41 Å². The summed E-state index contributed by atoms with van der Waals surface area (Å²) in [5.41, 5.74) is 5.31. The van der Waals surface area contributed by atoms with Gasteiger partial charge in [0, 0.05) is 19.9 Å². The number of nitrogens with zero attached hydrogens (tertiary/aromatic N) is 1. The van der Waals surface area contributed by atoms with Crippen molar-refractivity contribution in [1.82, 2.24) is 5.43 Å². The molecule has 4 rings (SSSR count). The van der Waals surface area contributed by atoms with Gasteiger partial charge in [0.1, 0.15) is 0 Å². The Hall–Kier alpha value is -2.14. The topological polar surface area (TPSA) is 41.5 Å². The fourth-order valence-electron chi connectivity index (χ4n) is 3.71. The summed E-state index contributed by atoms with van der Waals surface area (Å²) in [7, 11) is 0. The van der Waals surface area contributed by atoms with Gasteiger partial charge in [-0.05, 0) is 59.5 Å². The highest BCUT2D eigenvalue weighted by molar-refractivity contribution is 9.10. The number of hydrogen-bond acceptors (Lipinski definition) is 2. The van der Waals surface area contributed by atoms with Crippen molar-refractivity contribution in [2.75, 3.05) is 0 Å². The second-order valence-corrected chi connectivity index (χ2v) is 8.82. The Balaban J connectivity index is 1.57. The fraction of sp³-hybridized carbons (Fsp3) is 0.130. The normalized spacial score (nSPS) is 17.3. The number of rotatable bonds is 5. The molecule has 1 N–H and O–H groups in total. The first-order valence-corrected chi connectivity index (χ1v) is 10.6. The van der Waals surface area contributed by atoms with Crippen LogP contribution in [-0.2, 0) is 10.2 Å². The second-order valence-electron chi connectivity index (χ2n) is 7.03. The molecule has 1 amide bonds. The van der Waals surface area contributed by atoms with Gasteiger partial charge >= 0.3 is 0 Å². The summed E-state index contributed by atoms with van der Waals surface area (Å²) in [5, 5.41) is 5.47. The molecule has 29 heavy (non-hydrogen) atoms. The Morgan fingerprint density at radius 1 is 1.00 bits per heavy atom. The average Bonchev–Trinajstić information content (AvgIpc) is 3.46. The number of nitrogens with one attached hydrogen (secondary N) is 1. The third-order valence-electron chi connectivity index (χ3n) is 5.23. The van der Waals surface area contributed by atoms with Gasteiger partial charge in [-0.25, -0.2) is 5.43 Å². The van der Waals surface area contributed by atoms with Crippen LogP contribution in [0.1, 0.15) is 23.1 Å². The summed E-state index contributed by atoms with van der Waals surface area (Å²) in [5.74, 6) is -0.328. The summed E-state index contributed by atoms with van der Waals surface area (Å²) in [6.07, 6.45) is 2.34. The van der Waals surface area contributed by atoms with Gasteiger partial charge in [0.15, 0.2) is 0 Å². The van der Waals surface area contributed by atoms with E-state index in [9.17, 15) is 4.79 Å². The molecule has 0 bridgehead atoms. The van der Waals surface area contributed by atoms with E-state index in [0.717, 1.165) is 21.2 Å². The highest BCUT2D eigenvalue weighted by atomic mass is 79.9. The van der Waals surface area contributed by atoms with Crippen LogP contribution >= 0.6 is 39.1 Å². The number of halogens is 3. The Labute approximate surface area is 187 Å². The maximum Gasteiger partial charge on any atom is 0.244 e. The van der Waals surface area contributed by atoms with Crippen molar-refractivity contribution in [3.63, 3.8) is 0 Å². The fourth-order valence-corrected chi connectivity index (χ4v) is 4.38. The lowest BCUT2D eigenvalue weighted by Crippen LogP contribution is -2.25. The molecule has 0 unspecified atom stereocenters. The van der Waals surface area contributed by atoms with Gasteiger partial charge in [-0.15, -0.1) is 0 Å². The van der Waals surface area contributed by atoms with Gasteiger partial charge in [-0.3, -0.25) is 4.79 Å². The molecule has 146 valence electrons. The van der Waals surface area contributed by atoms with Crippen LogP contribution in [0.2, 0.25) is 10.0 Å². The maximum absolute atomic E-state index is 12.9. The smallest absolute Gasteiger partial charge is 0.244 e. The van der Waals surface area contributed by atoms with E-state index in [1.54, 1.807) is 6.21 Å². The van der Waals surface area contributed by atoms with E-state index in [1.807, 2.05) is 72.8 Å². The molecule has 1 saturated carbocycles. The zero-order valence-corrected chi connectivity index (χ0v) is 18.4. The van der Waals surface area contributed by atoms with E-state index in [1.165, 1.54) is 0 Å². The number of carbonyl (C=O) groups excluding carboxylic acids is 1. The van der Waals surface area contributed by atoms with Gasteiger partial charge in [-0.2, -0.15) is 5.10 Å². The summed E-state index contributed by atoms with van der Waals surface area (Å²) in [6.45, 7) is 0. The molecule has 6 heteroatoms. The lowest BCUT2D eigenvalue weighted by atomic mass is 9.85. The quantitative estimate of drug-likeness (QED) is 0.337. The number of amides is 1. The predicted molar refractivity (Wildman–Crippen MR) is 122 cm³/mol. The first-order valence-electron chi connectivity index (χ1n) is 9.09. The van der Waals surface area contributed by atoms with Crippen LogP contribution in [0.3, 0.4) is 0 Å². The Morgan fingerprint density at radius 2 is 1.59 bits per heavy atom. The van der Waals surface area contributed by atoms with E-state index in [-0.39, 0.29) is 11.8 Å². The SMILES string of the molecule is O=C(N/N=C\c1cccc(Br)c1)[C@@H]1CC1(c1ccc(Cl)cc1)c1ccc(Cl)cc1. The standard InChI is InChI=1S/C23H17BrCl2N2O/c24-18-3-1-2-15(12-18)14-27-28-22(29)21-13-23(21,16-4-8-19(25)9-5-16)17-6-10-20(26)11-7-17/h1-12,14,21H,13H2,(H,28,29)/b27-14-/t21-/m0/s1. The molecule has 0 saturated heterocycles. The Kier molecular flexibility index (Phi) is 5.77. The van der Waals surface area contributed by atoms with Crippen LogP contribution < -0.4 is 5.43 Å². The largest absolute Gasteiger partial charge is 0.273 e. The Bertz CT molecular complexity index is 1020. The van der Waals surface area contributed by atoms with Gasteiger partial charge in [0.2, 0.25) is 5.91 Å². The summed E-state index contributed by atoms with van der Waals surface area (Å²) in [4.78, 5) is 12.9. The van der Waals surface area contributed by atoms with Crippen LogP contribution in [0.15, 0.2) is 82.4 Å². The van der Waals surface area contributed by atoms with Gasteiger partial charge < -0.3 is 0 Å². The number of carbonyl (C=O) groups is 1. The molecule has 1 atom stereocenters. The highest BCUT2D eigenvalue weighted by Crippen LogP contribution is 2.59. The molecule has 3 aromatic carbocycles. The molecule has 1 aliphatic rings. The molecule has 0 aliphatic heterocycles. The van der Waals surface area contributed by atoms with E-state index in [2.05, 4.69) is 26.5 Å². The molecule has 0 spiro atoms. The van der Waals surface area contributed by atoms with Crippen LogP contribution in [0.25, 0.3) is 0 Å². The molecule has 1 aliphatic carbocycles. The second kappa shape index (κ2) is 8.31. The highest BCUT2D eigenvalue weighted by Gasteiger charge is 2.60. The average molecular weight is 488 g/mol. The predicted octanol–water partition coefficient (Wildman–Crippen LogP) is 6.21. The zero-order chi connectivity index (χ0) is 20.4. The molecule has 0 heterocycles. The van der Waals surface area contributed by atoms with Gasteiger partial charge in [0.25, 0.3) is 0 Å².